The van der Waals surface area contributed by atoms with Crippen LogP contribution in [0.25, 0.3) is 0 Å². The van der Waals surface area contributed by atoms with Gasteiger partial charge in [0.2, 0.25) is 5.91 Å². The fourth-order valence-electron chi connectivity index (χ4n) is 4.60. The number of rotatable bonds is 7. The molecule has 0 radical (unpaired) electrons. The lowest BCUT2D eigenvalue weighted by Crippen LogP contribution is -2.41. The largest absolute Gasteiger partial charge is 0.377 e. The van der Waals surface area contributed by atoms with Crippen LogP contribution in [-0.4, -0.2) is 46.4 Å². The highest BCUT2D eigenvalue weighted by Crippen LogP contribution is 2.36. The first-order chi connectivity index (χ1) is 14.5. The van der Waals surface area contributed by atoms with Gasteiger partial charge in [-0.1, -0.05) is 0 Å². The smallest absolute Gasteiger partial charge is 0.222 e. The first kappa shape index (κ1) is 20.9. The van der Waals surface area contributed by atoms with Crippen molar-refractivity contribution in [3.63, 3.8) is 0 Å². The van der Waals surface area contributed by atoms with Crippen molar-refractivity contribution in [3.8, 4) is 0 Å². The summed E-state index contributed by atoms with van der Waals surface area (Å²) in [7, 11) is 0. The van der Waals surface area contributed by atoms with Gasteiger partial charge < -0.3 is 10.1 Å². The average Bonchev–Trinajstić information content (AvgIpc) is 3.32. The van der Waals surface area contributed by atoms with Crippen molar-refractivity contribution in [1.29, 1.82) is 0 Å². The van der Waals surface area contributed by atoms with Gasteiger partial charge in [0.05, 0.1) is 25.3 Å². The lowest BCUT2D eigenvalue weighted by atomic mass is 9.83. The summed E-state index contributed by atoms with van der Waals surface area (Å²) in [6.45, 7) is 6.54. The van der Waals surface area contributed by atoms with E-state index in [9.17, 15) is 13.6 Å². The Kier molecular flexibility index (Phi) is 6.43. The lowest BCUT2D eigenvalue weighted by Gasteiger charge is -2.35. The topological polar surface area (TPSA) is 59.4 Å². The molecule has 2 aliphatic heterocycles. The molecule has 162 valence electrons. The summed E-state index contributed by atoms with van der Waals surface area (Å²) >= 11 is 0. The molecule has 1 aromatic carbocycles. The van der Waals surface area contributed by atoms with Gasteiger partial charge in [-0.15, -0.1) is 0 Å². The molecule has 30 heavy (non-hydrogen) atoms. The number of amides is 1. The van der Waals surface area contributed by atoms with E-state index in [1.54, 1.807) is 0 Å². The van der Waals surface area contributed by atoms with E-state index < -0.39 is 11.6 Å². The van der Waals surface area contributed by atoms with Crippen LogP contribution in [0.2, 0.25) is 0 Å². The highest BCUT2D eigenvalue weighted by Gasteiger charge is 2.41. The molecule has 6 nitrogen and oxygen atoms in total. The first-order valence-corrected chi connectivity index (χ1v) is 10.6. The van der Waals surface area contributed by atoms with Crippen molar-refractivity contribution < 1.29 is 18.3 Å². The minimum Gasteiger partial charge on any atom is -0.377 e. The number of nitrogens with zero attached hydrogens (tertiary/aromatic N) is 3. The molecule has 0 aliphatic carbocycles. The van der Waals surface area contributed by atoms with E-state index in [1.165, 1.54) is 17.7 Å². The molecule has 2 aromatic rings. The lowest BCUT2D eigenvalue weighted by molar-refractivity contribution is -0.124. The molecule has 0 unspecified atom stereocenters. The number of hydrogen-bond acceptors (Lipinski definition) is 4. The zero-order valence-electron chi connectivity index (χ0n) is 17.2. The zero-order chi connectivity index (χ0) is 21.1. The van der Waals surface area contributed by atoms with Crippen molar-refractivity contribution in [2.45, 2.75) is 45.5 Å². The predicted molar refractivity (Wildman–Crippen MR) is 107 cm³/mol. The van der Waals surface area contributed by atoms with Gasteiger partial charge >= 0.3 is 0 Å². The van der Waals surface area contributed by atoms with Crippen LogP contribution in [0, 0.1) is 23.5 Å². The maximum absolute atomic E-state index is 13.3. The molecular weight excluding hydrogens is 390 g/mol. The normalized spacial score (nSPS) is 24.0. The molecule has 4 rings (SSSR count). The quantitative estimate of drug-likeness (QED) is 0.751. The Bertz CT molecular complexity index is 868. The van der Waals surface area contributed by atoms with Crippen LogP contribution in [0.4, 0.5) is 8.78 Å². The number of benzene rings is 1. The van der Waals surface area contributed by atoms with Gasteiger partial charge in [0, 0.05) is 49.9 Å². The molecule has 1 N–H and O–H groups in total. The maximum Gasteiger partial charge on any atom is 0.222 e. The van der Waals surface area contributed by atoms with Crippen molar-refractivity contribution in [2.24, 2.45) is 11.8 Å². The highest BCUT2D eigenvalue weighted by atomic mass is 19.1. The number of halogens is 2. The molecular formula is C22H28F2N4O2. The second kappa shape index (κ2) is 9.22. The number of likely N-dealkylation sites (tertiary alicyclic amines) is 1. The summed E-state index contributed by atoms with van der Waals surface area (Å²) in [5, 5.41) is 7.09. The third-order valence-electron chi connectivity index (χ3n) is 6.09. The SMILES string of the molecule is CCn1cc(CN2CC[C@@H]3[C@@H](CO[C@H]3CC(=O)NCc3cc(F)cc(F)c3)C2)cn1. The molecule has 0 bridgehead atoms. The van der Waals surface area contributed by atoms with Gasteiger partial charge in [-0.2, -0.15) is 5.10 Å². The highest BCUT2D eigenvalue weighted by molar-refractivity contribution is 5.76. The van der Waals surface area contributed by atoms with E-state index in [1.807, 2.05) is 10.9 Å². The Morgan fingerprint density at radius 2 is 2.07 bits per heavy atom. The standard InChI is InChI=1S/C22H28F2N4O2/c1-2-28-12-16(10-26-28)11-27-4-3-20-17(13-27)14-30-21(20)8-22(29)25-9-15-5-18(23)7-19(24)6-15/h5-7,10,12,17,20-21H,2-4,8-9,11,13-14H2,1H3,(H,25,29)/t17-,20-,21+/m1/s1. The zero-order valence-corrected chi connectivity index (χ0v) is 17.2. The monoisotopic (exact) mass is 418 g/mol. The van der Waals surface area contributed by atoms with Crippen LogP contribution in [0.15, 0.2) is 30.6 Å². The van der Waals surface area contributed by atoms with Crippen LogP contribution in [0.1, 0.15) is 30.9 Å². The number of ether oxygens (including phenoxy) is 1. The van der Waals surface area contributed by atoms with E-state index in [2.05, 4.69) is 28.4 Å². The van der Waals surface area contributed by atoms with Crippen molar-refractivity contribution in [2.75, 3.05) is 19.7 Å². The Morgan fingerprint density at radius 3 is 2.80 bits per heavy atom. The second-order valence-corrected chi connectivity index (χ2v) is 8.28. The number of fused-ring (bicyclic) bond motifs is 1. The molecule has 2 aliphatic rings. The summed E-state index contributed by atoms with van der Waals surface area (Å²) in [4.78, 5) is 14.8. The Labute approximate surface area is 175 Å². The van der Waals surface area contributed by atoms with Gasteiger partial charge in [-0.25, -0.2) is 8.78 Å². The first-order valence-electron chi connectivity index (χ1n) is 10.6. The summed E-state index contributed by atoms with van der Waals surface area (Å²) in [6.07, 6.45) is 5.21. The summed E-state index contributed by atoms with van der Waals surface area (Å²) < 4.78 is 34.4. The number of piperidine rings is 1. The second-order valence-electron chi connectivity index (χ2n) is 8.28. The van der Waals surface area contributed by atoms with Crippen LogP contribution in [0.3, 0.4) is 0 Å². The van der Waals surface area contributed by atoms with Crippen LogP contribution < -0.4 is 5.32 Å². The van der Waals surface area contributed by atoms with E-state index in [0.717, 1.165) is 38.7 Å². The third-order valence-corrected chi connectivity index (χ3v) is 6.09. The van der Waals surface area contributed by atoms with E-state index >= 15 is 0 Å². The van der Waals surface area contributed by atoms with Crippen molar-refractivity contribution in [1.82, 2.24) is 20.0 Å². The number of hydrogen-bond donors (Lipinski definition) is 1. The summed E-state index contributed by atoms with van der Waals surface area (Å²) in [6, 6.07) is 3.27. The molecule has 2 fully saturated rings. The van der Waals surface area contributed by atoms with Gasteiger partial charge in [0.1, 0.15) is 11.6 Å². The Balaban J connectivity index is 1.24. The van der Waals surface area contributed by atoms with Gasteiger partial charge in [-0.05, 0) is 43.5 Å². The minimum absolute atomic E-state index is 0.0933. The number of nitrogens with one attached hydrogen (secondary N) is 1. The fourth-order valence-corrected chi connectivity index (χ4v) is 4.60. The molecule has 0 saturated carbocycles. The number of aromatic nitrogens is 2. The summed E-state index contributed by atoms with van der Waals surface area (Å²) in [5.74, 6) is -0.642. The van der Waals surface area contributed by atoms with Crippen LogP contribution in [-0.2, 0) is 29.2 Å². The maximum atomic E-state index is 13.3. The number of aryl methyl sites for hydroxylation is 1. The molecule has 2 saturated heterocycles. The average molecular weight is 418 g/mol. The summed E-state index contributed by atoms with van der Waals surface area (Å²) in [5.41, 5.74) is 1.63. The number of carbonyl (C=O) groups excluding carboxylic acids is 1. The van der Waals surface area contributed by atoms with E-state index in [-0.39, 0.29) is 25.0 Å². The molecule has 3 heterocycles. The Hall–Kier alpha value is -2.32. The fraction of sp³-hybridized carbons (Fsp3) is 0.545. The van der Waals surface area contributed by atoms with Crippen LogP contribution >= 0.6 is 0 Å². The minimum atomic E-state index is -0.644. The molecule has 0 spiro atoms. The molecule has 8 heteroatoms. The van der Waals surface area contributed by atoms with Gasteiger partial charge in [-0.3, -0.25) is 14.4 Å². The predicted octanol–water partition coefficient (Wildman–Crippen LogP) is 2.72. The van der Waals surface area contributed by atoms with Crippen LogP contribution in [0.5, 0.6) is 0 Å². The van der Waals surface area contributed by atoms with Gasteiger partial charge in [0.25, 0.3) is 0 Å². The van der Waals surface area contributed by atoms with Gasteiger partial charge in [0.15, 0.2) is 0 Å². The van der Waals surface area contributed by atoms with Crippen molar-refractivity contribution in [3.05, 3.63) is 53.4 Å². The van der Waals surface area contributed by atoms with E-state index in [0.29, 0.717) is 24.0 Å². The van der Waals surface area contributed by atoms with E-state index in [4.69, 9.17) is 4.74 Å². The number of carbonyl (C=O) groups is 1. The molecule has 3 atom stereocenters. The Morgan fingerprint density at radius 1 is 1.27 bits per heavy atom. The molecule has 1 aromatic heterocycles. The molecule has 1 amide bonds. The third kappa shape index (κ3) is 5.05. The van der Waals surface area contributed by atoms with Crippen molar-refractivity contribution >= 4 is 5.91 Å².